The van der Waals surface area contributed by atoms with Crippen molar-refractivity contribution in [2.75, 3.05) is 20.2 Å². The highest BCUT2D eigenvalue weighted by Gasteiger charge is 2.36. The summed E-state index contributed by atoms with van der Waals surface area (Å²) in [6.45, 7) is 3.46. The lowest BCUT2D eigenvalue weighted by Gasteiger charge is -2.21. The fourth-order valence-corrected chi connectivity index (χ4v) is 2.86. The van der Waals surface area contributed by atoms with Gasteiger partial charge in [0.05, 0.1) is 13.2 Å². The molecular weight excluding hydrogens is 254 g/mol. The quantitative estimate of drug-likeness (QED) is 0.829. The van der Waals surface area contributed by atoms with Crippen molar-refractivity contribution in [3.63, 3.8) is 0 Å². The van der Waals surface area contributed by atoms with E-state index in [0.29, 0.717) is 13.0 Å². The Morgan fingerprint density at radius 2 is 2.30 bits per heavy atom. The van der Waals surface area contributed by atoms with E-state index in [1.54, 1.807) is 0 Å². The van der Waals surface area contributed by atoms with Crippen molar-refractivity contribution in [3.05, 3.63) is 35.4 Å². The zero-order valence-electron chi connectivity index (χ0n) is 12.2. The van der Waals surface area contributed by atoms with Crippen LogP contribution in [0.2, 0.25) is 0 Å². The summed E-state index contributed by atoms with van der Waals surface area (Å²) in [6.07, 6.45) is 2.03. The summed E-state index contributed by atoms with van der Waals surface area (Å²) in [5, 5.41) is 9.72. The summed E-state index contributed by atoms with van der Waals surface area (Å²) in [5.74, 6) is -0.239. The molecule has 1 aliphatic rings. The van der Waals surface area contributed by atoms with Crippen LogP contribution in [0, 0.1) is 6.92 Å². The smallest absolute Gasteiger partial charge is 0.323 e. The van der Waals surface area contributed by atoms with Gasteiger partial charge in [0.2, 0.25) is 0 Å². The molecule has 4 heteroatoms. The second-order valence-electron chi connectivity index (χ2n) is 5.52. The van der Waals surface area contributed by atoms with Gasteiger partial charge in [0, 0.05) is 13.0 Å². The van der Waals surface area contributed by atoms with Crippen molar-refractivity contribution in [1.82, 2.24) is 4.90 Å². The van der Waals surface area contributed by atoms with Crippen LogP contribution in [-0.4, -0.2) is 48.3 Å². The van der Waals surface area contributed by atoms with Crippen LogP contribution in [0.4, 0.5) is 0 Å². The SMILES string of the molecule is COC(=O)[C@@H]1C[C@@H](O)CN1CCCc1cccc(C)c1. The molecule has 0 aliphatic carbocycles. The summed E-state index contributed by atoms with van der Waals surface area (Å²) >= 11 is 0. The molecule has 4 nitrogen and oxygen atoms in total. The lowest BCUT2D eigenvalue weighted by molar-refractivity contribution is -0.145. The Hall–Kier alpha value is -1.39. The normalized spacial score (nSPS) is 22.9. The first-order valence-electron chi connectivity index (χ1n) is 7.15. The number of esters is 1. The molecular formula is C16H23NO3. The molecule has 1 heterocycles. The number of carbonyl (C=O) groups is 1. The third kappa shape index (κ3) is 3.81. The predicted octanol–water partition coefficient (Wildman–Crippen LogP) is 1.54. The van der Waals surface area contributed by atoms with E-state index < -0.39 is 6.10 Å². The molecule has 110 valence electrons. The van der Waals surface area contributed by atoms with Crippen molar-refractivity contribution >= 4 is 5.97 Å². The predicted molar refractivity (Wildman–Crippen MR) is 77.5 cm³/mol. The fourth-order valence-electron chi connectivity index (χ4n) is 2.86. The molecule has 0 bridgehead atoms. The lowest BCUT2D eigenvalue weighted by Crippen LogP contribution is -2.37. The van der Waals surface area contributed by atoms with E-state index in [1.165, 1.54) is 18.2 Å². The molecule has 0 spiro atoms. The maximum atomic E-state index is 11.7. The van der Waals surface area contributed by atoms with Gasteiger partial charge in [0.1, 0.15) is 6.04 Å². The zero-order chi connectivity index (χ0) is 14.5. The number of rotatable bonds is 5. The summed E-state index contributed by atoms with van der Waals surface area (Å²) < 4.78 is 4.80. The highest BCUT2D eigenvalue weighted by molar-refractivity contribution is 5.76. The molecule has 1 aromatic carbocycles. The summed E-state index contributed by atoms with van der Waals surface area (Å²) in [7, 11) is 1.40. The van der Waals surface area contributed by atoms with Gasteiger partial charge in [-0.2, -0.15) is 0 Å². The van der Waals surface area contributed by atoms with Crippen molar-refractivity contribution < 1.29 is 14.6 Å². The van der Waals surface area contributed by atoms with Crippen LogP contribution in [0.3, 0.4) is 0 Å². The highest BCUT2D eigenvalue weighted by Crippen LogP contribution is 2.19. The number of β-amino-alcohol motifs (C(OH)–C–C–N with tert-alkyl or cyclic N) is 1. The molecule has 1 aliphatic heterocycles. The molecule has 0 aromatic heterocycles. The van der Waals surface area contributed by atoms with E-state index >= 15 is 0 Å². The van der Waals surface area contributed by atoms with E-state index in [4.69, 9.17) is 4.74 Å². The molecule has 1 fully saturated rings. The minimum Gasteiger partial charge on any atom is -0.468 e. The molecule has 1 saturated heterocycles. The van der Waals surface area contributed by atoms with Gasteiger partial charge in [0.25, 0.3) is 0 Å². The molecule has 0 saturated carbocycles. The Labute approximate surface area is 120 Å². The third-order valence-electron chi connectivity index (χ3n) is 3.85. The number of benzene rings is 1. The number of aliphatic hydroxyl groups is 1. The molecule has 1 aromatic rings. The molecule has 2 atom stereocenters. The van der Waals surface area contributed by atoms with Gasteiger partial charge >= 0.3 is 5.97 Å². The minimum atomic E-state index is -0.418. The number of likely N-dealkylation sites (tertiary alicyclic amines) is 1. The van der Waals surface area contributed by atoms with Gasteiger partial charge in [-0.25, -0.2) is 0 Å². The second-order valence-corrected chi connectivity index (χ2v) is 5.52. The van der Waals surface area contributed by atoms with Crippen molar-refractivity contribution in [2.24, 2.45) is 0 Å². The molecule has 2 rings (SSSR count). The molecule has 0 radical (unpaired) electrons. The number of hydrogen-bond donors (Lipinski definition) is 1. The maximum absolute atomic E-state index is 11.7. The Morgan fingerprint density at radius 1 is 1.50 bits per heavy atom. The molecule has 0 amide bonds. The lowest BCUT2D eigenvalue weighted by atomic mass is 10.1. The summed E-state index contributed by atoms with van der Waals surface area (Å²) in [5.41, 5.74) is 2.59. The van der Waals surface area contributed by atoms with E-state index in [2.05, 4.69) is 31.2 Å². The summed E-state index contributed by atoms with van der Waals surface area (Å²) in [4.78, 5) is 13.7. The van der Waals surface area contributed by atoms with Crippen LogP contribution >= 0.6 is 0 Å². The van der Waals surface area contributed by atoms with Gasteiger partial charge < -0.3 is 9.84 Å². The number of ether oxygens (including phenoxy) is 1. The van der Waals surface area contributed by atoms with Gasteiger partial charge in [-0.1, -0.05) is 29.8 Å². The standard InChI is InChI=1S/C16H23NO3/c1-12-5-3-6-13(9-12)7-4-8-17-11-14(18)10-15(17)16(19)20-2/h3,5-6,9,14-15,18H,4,7-8,10-11H2,1-2H3/t14-,15+/m1/s1. The van der Waals surface area contributed by atoms with Gasteiger partial charge in [-0.3, -0.25) is 9.69 Å². The Bertz CT molecular complexity index is 461. The Morgan fingerprint density at radius 3 is 3.00 bits per heavy atom. The molecule has 1 N–H and O–H groups in total. The molecule has 0 unspecified atom stereocenters. The number of methoxy groups -OCH3 is 1. The van der Waals surface area contributed by atoms with Crippen molar-refractivity contribution in [2.45, 2.75) is 38.3 Å². The number of aryl methyl sites for hydroxylation is 2. The van der Waals surface area contributed by atoms with Gasteiger partial charge in [-0.15, -0.1) is 0 Å². The molecule has 20 heavy (non-hydrogen) atoms. The number of aliphatic hydroxyl groups excluding tert-OH is 1. The topological polar surface area (TPSA) is 49.8 Å². The van der Waals surface area contributed by atoms with Gasteiger partial charge in [0.15, 0.2) is 0 Å². The van der Waals surface area contributed by atoms with Crippen LogP contribution in [0.5, 0.6) is 0 Å². The minimum absolute atomic E-state index is 0.239. The monoisotopic (exact) mass is 277 g/mol. The number of nitrogens with zero attached hydrogens (tertiary/aromatic N) is 1. The van der Waals surface area contributed by atoms with Crippen LogP contribution in [0.1, 0.15) is 24.0 Å². The van der Waals surface area contributed by atoms with Gasteiger partial charge in [-0.05, 0) is 31.9 Å². The maximum Gasteiger partial charge on any atom is 0.323 e. The summed E-state index contributed by atoms with van der Waals surface area (Å²) in [6, 6.07) is 8.20. The second kappa shape index (κ2) is 6.86. The average molecular weight is 277 g/mol. The van der Waals surface area contributed by atoms with Crippen LogP contribution in [0.25, 0.3) is 0 Å². The fraction of sp³-hybridized carbons (Fsp3) is 0.562. The van der Waals surface area contributed by atoms with Crippen LogP contribution < -0.4 is 0 Å². The first-order valence-corrected chi connectivity index (χ1v) is 7.15. The van der Waals surface area contributed by atoms with Crippen LogP contribution in [-0.2, 0) is 16.0 Å². The van der Waals surface area contributed by atoms with E-state index in [1.807, 2.05) is 4.90 Å². The van der Waals surface area contributed by atoms with E-state index in [0.717, 1.165) is 19.4 Å². The Balaban J connectivity index is 1.85. The first kappa shape index (κ1) is 15.0. The van der Waals surface area contributed by atoms with Crippen molar-refractivity contribution in [1.29, 1.82) is 0 Å². The largest absolute Gasteiger partial charge is 0.468 e. The van der Waals surface area contributed by atoms with Crippen molar-refractivity contribution in [3.8, 4) is 0 Å². The Kier molecular flexibility index (Phi) is 5.15. The zero-order valence-corrected chi connectivity index (χ0v) is 12.2. The number of carbonyl (C=O) groups excluding carboxylic acids is 1. The third-order valence-corrected chi connectivity index (χ3v) is 3.85. The highest BCUT2D eigenvalue weighted by atomic mass is 16.5. The van der Waals surface area contributed by atoms with E-state index in [-0.39, 0.29) is 12.0 Å². The van der Waals surface area contributed by atoms with E-state index in [9.17, 15) is 9.90 Å². The first-order chi connectivity index (χ1) is 9.60. The average Bonchev–Trinajstić information content (AvgIpc) is 2.79. The number of hydrogen-bond acceptors (Lipinski definition) is 4. The van der Waals surface area contributed by atoms with Crippen LogP contribution in [0.15, 0.2) is 24.3 Å².